The Bertz CT molecular complexity index is 354. The molecular formula is C10H12N2OS. The van der Waals surface area contributed by atoms with Crippen molar-refractivity contribution in [2.45, 2.75) is 18.4 Å². The molecule has 0 aliphatic carbocycles. The molecule has 14 heavy (non-hydrogen) atoms. The lowest BCUT2D eigenvalue weighted by molar-refractivity contribution is -0.116. The number of pyridine rings is 1. The van der Waals surface area contributed by atoms with E-state index in [1.165, 1.54) is 11.8 Å². The van der Waals surface area contributed by atoms with Crippen molar-refractivity contribution in [1.29, 1.82) is 0 Å². The molecule has 0 fully saturated rings. The van der Waals surface area contributed by atoms with Crippen molar-refractivity contribution < 1.29 is 4.79 Å². The molecule has 0 aromatic carbocycles. The van der Waals surface area contributed by atoms with E-state index in [1.807, 2.05) is 17.0 Å². The Labute approximate surface area is 87.5 Å². The normalized spacial score (nSPS) is 15.5. The quantitative estimate of drug-likeness (QED) is 0.744. The van der Waals surface area contributed by atoms with E-state index in [4.69, 9.17) is 0 Å². The molecule has 1 aliphatic rings. The van der Waals surface area contributed by atoms with Crippen molar-refractivity contribution in [3.63, 3.8) is 0 Å². The van der Waals surface area contributed by atoms with Gasteiger partial charge in [0.2, 0.25) is 5.91 Å². The minimum atomic E-state index is 0.192. The van der Waals surface area contributed by atoms with E-state index in [9.17, 15) is 4.79 Å². The van der Waals surface area contributed by atoms with Crippen LogP contribution < -0.4 is 4.90 Å². The van der Waals surface area contributed by atoms with E-state index in [2.05, 4.69) is 11.9 Å². The van der Waals surface area contributed by atoms with Gasteiger partial charge < -0.3 is 4.90 Å². The molecule has 1 aliphatic heterocycles. The summed E-state index contributed by atoms with van der Waals surface area (Å²) in [7, 11) is 0. The van der Waals surface area contributed by atoms with Crippen molar-refractivity contribution in [3.05, 3.63) is 18.3 Å². The third-order valence-electron chi connectivity index (χ3n) is 2.12. The maximum atomic E-state index is 11.6. The average molecular weight is 208 g/mol. The minimum Gasteiger partial charge on any atom is -0.309 e. The van der Waals surface area contributed by atoms with Gasteiger partial charge in [0.1, 0.15) is 5.03 Å². The van der Waals surface area contributed by atoms with Gasteiger partial charge in [-0.05, 0) is 18.6 Å². The number of aromatic nitrogens is 1. The molecule has 0 saturated heterocycles. The van der Waals surface area contributed by atoms with Crippen LogP contribution in [-0.4, -0.2) is 23.2 Å². The van der Waals surface area contributed by atoms with Crippen LogP contribution in [0.5, 0.6) is 0 Å². The maximum absolute atomic E-state index is 11.6. The average Bonchev–Trinajstić information content (AvgIpc) is 2.23. The highest BCUT2D eigenvalue weighted by Crippen LogP contribution is 2.32. The van der Waals surface area contributed by atoms with Gasteiger partial charge in [0.15, 0.2) is 0 Å². The van der Waals surface area contributed by atoms with Gasteiger partial charge >= 0.3 is 0 Å². The molecule has 0 spiro atoms. The highest BCUT2D eigenvalue weighted by atomic mass is 32.2. The second kappa shape index (κ2) is 4.00. The van der Waals surface area contributed by atoms with Gasteiger partial charge in [-0.1, -0.05) is 18.7 Å². The number of thioether (sulfide) groups is 1. The summed E-state index contributed by atoms with van der Waals surface area (Å²) in [6.45, 7) is 2.86. The highest BCUT2D eigenvalue weighted by Gasteiger charge is 2.24. The third kappa shape index (κ3) is 1.62. The first-order valence-corrected chi connectivity index (χ1v) is 5.69. The summed E-state index contributed by atoms with van der Waals surface area (Å²) in [4.78, 5) is 17.7. The number of carbonyl (C=O) groups is 1. The zero-order chi connectivity index (χ0) is 9.97. The topological polar surface area (TPSA) is 33.2 Å². The lowest BCUT2D eigenvalue weighted by atomic mass is 10.3. The molecule has 0 saturated carbocycles. The van der Waals surface area contributed by atoms with Crippen molar-refractivity contribution in [2.24, 2.45) is 0 Å². The first-order chi connectivity index (χ1) is 6.83. The Balaban J connectivity index is 2.36. The molecule has 3 nitrogen and oxygen atoms in total. The summed E-state index contributed by atoms with van der Waals surface area (Å²) < 4.78 is 0. The molecule has 1 amide bonds. The Morgan fingerprint density at radius 2 is 2.50 bits per heavy atom. The zero-order valence-corrected chi connectivity index (χ0v) is 8.88. The van der Waals surface area contributed by atoms with Crippen LogP contribution in [0.2, 0.25) is 0 Å². The van der Waals surface area contributed by atoms with Crippen LogP contribution in [-0.2, 0) is 4.79 Å². The summed E-state index contributed by atoms with van der Waals surface area (Å²) in [5, 5.41) is 0.973. The maximum Gasteiger partial charge on any atom is 0.237 e. The van der Waals surface area contributed by atoms with Crippen LogP contribution in [0.25, 0.3) is 0 Å². The minimum absolute atomic E-state index is 0.192. The zero-order valence-electron chi connectivity index (χ0n) is 8.06. The smallest absolute Gasteiger partial charge is 0.237 e. The molecule has 0 atom stereocenters. The summed E-state index contributed by atoms with van der Waals surface area (Å²) in [6.07, 6.45) is 2.75. The SMILES string of the molecule is CCCN1C(=O)CSc2ncccc21. The monoisotopic (exact) mass is 208 g/mol. The van der Waals surface area contributed by atoms with E-state index < -0.39 is 0 Å². The van der Waals surface area contributed by atoms with Gasteiger partial charge in [-0.3, -0.25) is 4.79 Å². The Morgan fingerprint density at radius 1 is 1.64 bits per heavy atom. The van der Waals surface area contributed by atoms with Gasteiger partial charge in [-0.25, -0.2) is 4.98 Å². The number of amides is 1. The van der Waals surface area contributed by atoms with Crippen LogP contribution in [0.4, 0.5) is 5.69 Å². The molecule has 4 heteroatoms. The first kappa shape index (κ1) is 9.52. The van der Waals surface area contributed by atoms with Gasteiger partial charge in [-0.2, -0.15) is 0 Å². The summed E-state index contributed by atoms with van der Waals surface area (Å²) in [6, 6.07) is 3.84. The summed E-state index contributed by atoms with van der Waals surface area (Å²) in [5.74, 6) is 0.710. The molecule has 1 aromatic rings. The van der Waals surface area contributed by atoms with E-state index >= 15 is 0 Å². The van der Waals surface area contributed by atoms with Crippen molar-refractivity contribution in [2.75, 3.05) is 17.2 Å². The van der Waals surface area contributed by atoms with Crippen LogP contribution >= 0.6 is 11.8 Å². The second-order valence-corrected chi connectivity index (χ2v) is 4.13. The van der Waals surface area contributed by atoms with E-state index in [0.717, 1.165) is 23.7 Å². The second-order valence-electron chi connectivity index (χ2n) is 3.16. The van der Waals surface area contributed by atoms with Gasteiger partial charge in [0.05, 0.1) is 11.4 Å². The number of fused-ring (bicyclic) bond motifs is 1. The molecule has 0 N–H and O–H groups in total. The van der Waals surface area contributed by atoms with Gasteiger partial charge in [0, 0.05) is 12.7 Å². The lowest BCUT2D eigenvalue weighted by Crippen LogP contribution is -2.36. The number of nitrogens with zero attached hydrogens (tertiary/aromatic N) is 2. The van der Waals surface area contributed by atoms with Crippen molar-refractivity contribution in [3.8, 4) is 0 Å². The van der Waals surface area contributed by atoms with Crippen LogP contribution in [0.15, 0.2) is 23.4 Å². The third-order valence-corrected chi connectivity index (χ3v) is 3.10. The largest absolute Gasteiger partial charge is 0.309 e. The standard InChI is InChI=1S/C10H12N2OS/c1-2-6-12-8-4-3-5-11-10(8)14-7-9(12)13/h3-5H,2,6-7H2,1H3. The fourth-order valence-electron chi connectivity index (χ4n) is 1.51. The number of rotatable bonds is 2. The molecule has 1 aromatic heterocycles. The lowest BCUT2D eigenvalue weighted by Gasteiger charge is -2.27. The predicted octanol–water partition coefficient (Wildman–Crippen LogP) is 1.93. The molecule has 74 valence electrons. The van der Waals surface area contributed by atoms with Crippen LogP contribution in [0.3, 0.4) is 0 Å². The fourth-order valence-corrected chi connectivity index (χ4v) is 2.39. The highest BCUT2D eigenvalue weighted by molar-refractivity contribution is 8.00. The predicted molar refractivity (Wildman–Crippen MR) is 57.6 cm³/mol. The number of carbonyl (C=O) groups excluding carboxylic acids is 1. The molecule has 0 unspecified atom stereocenters. The van der Waals surface area contributed by atoms with Crippen molar-refractivity contribution >= 4 is 23.4 Å². The van der Waals surface area contributed by atoms with E-state index in [-0.39, 0.29) is 5.91 Å². The molecule has 0 bridgehead atoms. The number of hydrogen-bond acceptors (Lipinski definition) is 3. The number of anilines is 1. The van der Waals surface area contributed by atoms with Gasteiger partial charge in [-0.15, -0.1) is 0 Å². The molecule has 0 radical (unpaired) electrons. The summed E-state index contributed by atoms with van der Waals surface area (Å²) >= 11 is 1.52. The molecular weight excluding hydrogens is 196 g/mol. The fraction of sp³-hybridized carbons (Fsp3) is 0.400. The Morgan fingerprint density at radius 3 is 3.29 bits per heavy atom. The molecule has 2 rings (SSSR count). The number of hydrogen-bond donors (Lipinski definition) is 0. The Hall–Kier alpha value is -1.03. The summed E-state index contributed by atoms with van der Waals surface area (Å²) in [5.41, 5.74) is 0.968. The van der Waals surface area contributed by atoms with E-state index in [0.29, 0.717) is 5.75 Å². The van der Waals surface area contributed by atoms with Crippen molar-refractivity contribution in [1.82, 2.24) is 4.98 Å². The van der Waals surface area contributed by atoms with E-state index in [1.54, 1.807) is 6.20 Å². The first-order valence-electron chi connectivity index (χ1n) is 4.71. The Kier molecular flexibility index (Phi) is 2.72. The molecule has 2 heterocycles. The van der Waals surface area contributed by atoms with Gasteiger partial charge in [0.25, 0.3) is 0 Å². The van der Waals surface area contributed by atoms with Crippen LogP contribution in [0, 0.1) is 0 Å². The van der Waals surface area contributed by atoms with Crippen LogP contribution in [0.1, 0.15) is 13.3 Å².